The van der Waals surface area contributed by atoms with E-state index in [9.17, 15) is 4.79 Å². The van der Waals surface area contributed by atoms with E-state index in [0.29, 0.717) is 6.42 Å². The van der Waals surface area contributed by atoms with Gasteiger partial charge in [0.1, 0.15) is 5.01 Å². The summed E-state index contributed by atoms with van der Waals surface area (Å²) in [5, 5.41) is 6.34. The van der Waals surface area contributed by atoms with Crippen molar-refractivity contribution in [2.45, 2.75) is 51.9 Å². The van der Waals surface area contributed by atoms with Crippen LogP contribution in [0.4, 0.5) is 5.69 Å². The van der Waals surface area contributed by atoms with E-state index in [0.717, 1.165) is 39.7 Å². The van der Waals surface area contributed by atoms with Crippen molar-refractivity contribution in [3.63, 3.8) is 0 Å². The number of aromatic nitrogens is 1. The number of amides is 1. The minimum atomic E-state index is 0.190. The van der Waals surface area contributed by atoms with Gasteiger partial charge in [0, 0.05) is 28.6 Å². The number of hydrogen-bond donors (Lipinski definition) is 1. The van der Waals surface area contributed by atoms with Crippen LogP contribution in [0.5, 0.6) is 0 Å². The van der Waals surface area contributed by atoms with Crippen LogP contribution in [0.2, 0.25) is 0 Å². The Balaban J connectivity index is 1.12. The molecule has 7 rings (SSSR count). The predicted molar refractivity (Wildman–Crippen MR) is 132 cm³/mol. The summed E-state index contributed by atoms with van der Waals surface area (Å²) >= 11 is 1.68. The van der Waals surface area contributed by atoms with Crippen LogP contribution in [0.3, 0.4) is 0 Å². The number of nitrogens with zero attached hydrogens (tertiary/aromatic N) is 1. The van der Waals surface area contributed by atoms with E-state index in [1.54, 1.807) is 11.3 Å². The molecule has 0 unspecified atom stereocenters. The average Bonchev–Trinajstić information content (AvgIpc) is 3.23. The summed E-state index contributed by atoms with van der Waals surface area (Å²) in [6.07, 6.45) is 8.79. The molecular formula is C28H30N2OS. The standard InChI is InChI=1S/C28H30N2OS/c1-18-4-2-3-5-24(18)27-30-25(17-32-27)22-6-8-23(9-7-22)29-26(31)16-28-13-19-10-20(14-28)12-21(11-19)15-28/h2-9,17,19-21H,10-16H2,1H3,(H,29,31). The van der Waals surface area contributed by atoms with Crippen LogP contribution in [0.15, 0.2) is 53.9 Å². The first-order valence-corrected chi connectivity index (χ1v) is 12.9. The molecular weight excluding hydrogens is 412 g/mol. The van der Waals surface area contributed by atoms with E-state index in [4.69, 9.17) is 4.98 Å². The maximum atomic E-state index is 12.9. The van der Waals surface area contributed by atoms with Gasteiger partial charge in [-0.2, -0.15) is 0 Å². The summed E-state index contributed by atoms with van der Waals surface area (Å²) in [5.41, 5.74) is 5.67. The normalized spacial score (nSPS) is 28.1. The number of carbonyl (C=O) groups is 1. The smallest absolute Gasteiger partial charge is 0.224 e. The molecule has 32 heavy (non-hydrogen) atoms. The largest absolute Gasteiger partial charge is 0.326 e. The van der Waals surface area contributed by atoms with Gasteiger partial charge in [0.25, 0.3) is 0 Å². The summed E-state index contributed by atoms with van der Waals surface area (Å²) in [7, 11) is 0. The molecule has 164 valence electrons. The molecule has 2 aromatic carbocycles. The molecule has 0 aliphatic heterocycles. The summed E-state index contributed by atoms with van der Waals surface area (Å²) in [6, 6.07) is 16.5. The van der Waals surface area contributed by atoms with Crippen LogP contribution in [-0.2, 0) is 4.79 Å². The van der Waals surface area contributed by atoms with Crippen LogP contribution < -0.4 is 5.32 Å². The number of rotatable bonds is 5. The number of thiazole rings is 1. The first-order valence-electron chi connectivity index (χ1n) is 12.0. The van der Waals surface area contributed by atoms with Gasteiger partial charge in [-0.3, -0.25) is 4.79 Å². The molecule has 0 radical (unpaired) electrons. The van der Waals surface area contributed by atoms with Crippen LogP contribution >= 0.6 is 11.3 Å². The Morgan fingerprint density at radius 1 is 1.00 bits per heavy atom. The zero-order valence-corrected chi connectivity index (χ0v) is 19.5. The molecule has 4 heteroatoms. The Morgan fingerprint density at radius 3 is 2.31 bits per heavy atom. The van der Waals surface area contributed by atoms with Gasteiger partial charge >= 0.3 is 0 Å². The molecule has 1 aromatic heterocycles. The Kier molecular flexibility index (Phi) is 4.94. The molecule has 4 fully saturated rings. The Bertz CT molecular complexity index is 1110. The zero-order chi connectivity index (χ0) is 21.7. The lowest BCUT2D eigenvalue weighted by molar-refractivity contribution is -0.124. The van der Waals surface area contributed by atoms with Gasteiger partial charge in [-0.05, 0) is 86.3 Å². The number of hydrogen-bond acceptors (Lipinski definition) is 3. The van der Waals surface area contributed by atoms with Crippen LogP contribution in [-0.4, -0.2) is 10.9 Å². The molecule has 0 atom stereocenters. The van der Waals surface area contributed by atoms with Crippen LogP contribution in [0, 0.1) is 30.1 Å². The molecule has 3 nitrogen and oxygen atoms in total. The number of benzene rings is 2. The van der Waals surface area contributed by atoms with Gasteiger partial charge in [0.2, 0.25) is 5.91 Å². The molecule has 3 aromatic rings. The monoisotopic (exact) mass is 442 g/mol. The van der Waals surface area contributed by atoms with E-state index >= 15 is 0 Å². The van der Waals surface area contributed by atoms with Crippen molar-refractivity contribution >= 4 is 22.9 Å². The SMILES string of the molecule is Cc1ccccc1-c1nc(-c2ccc(NC(=O)CC34CC5CC(CC(C5)C3)C4)cc2)cs1. The van der Waals surface area contributed by atoms with Gasteiger partial charge in [0.05, 0.1) is 5.69 Å². The van der Waals surface area contributed by atoms with E-state index < -0.39 is 0 Å². The van der Waals surface area contributed by atoms with Crippen molar-refractivity contribution in [1.29, 1.82) is 0 Å². The van der Waals surface area contributed by atoms with E-state index in [1.165, 1.54) is 49.7 Å². The molecule has 4 aliphatic rings. The fourth-order valence-electron chi connectivity index (χ4n) is 7.12. The van der Waals surface area contributed by atoms with Gasteiger partial charge in [-0.15, -0.1) is 11.3 Å². The minimum Gasteiger partial charge on any atom is -0.326 e. The van der Waals surface area contributed by atoms with Crippen molar-refractivity contribution in [2.24, 2.45) is 23.2 Å². The van der Waals surface area contributed by atoms with E-state index in [2.05, 4.69) is 54.0 Å². The van der Waals surface area contributed by atoms with Gasteiger partial charge < -0.3 is 5.32 Å². The lowest BCUT2D eigenvalue weighted by Gasteiger charge is -2.56. The molecule has 4 saturated carbocycles. The second-order valence-electron chi connectivity index (χ2n) is 10.6. The predicted octanol–water partition coefficient (Wildman–Crippen LogP) is 7.33. The van der Waals surface area contributed by atoms with Crippen molar-refractivity contribution in [1.82, 2.24) is 4.98 Å². The maximum Gasteiger partial charge on any atom is 0.224 e. The van der Waals surface area contributed by atoms with Crippen molar-refractivity contribution in [3.05, 3.63) is 59.5 Å². The van der Waals surface area contributed by atoms with Crippen molar-refractivity contribution in [3.8, 4) is 21.8 Å². The number of aryl methyl sites for hydroxylation is 1. The highest BCUT2D eigenvalue weighted by molar-refractivity contribution is 7.13. The quantitative estimate of drug-likeness (QED) is 0.449. The molecule has 1 amide bonds. The maximum absolute atomic E-state index is 12.9. The van der Waals surface area contributed by atoms with Gasteiger partial charge in [-0.1, -0.05) is 36.4 Å². The first kappa shape index (κ1) is 20.2. The van der Waals surface area contributed by atoms with Gasteiger partial charge in [-0.25, -0.2) is 4.98 Å². The molecule has 4 bridgehead atoms. The number of carbonyl (C=O) groups excluding carboxylic acids is 1. The summed E-state index contributed by atoms with van der Waals surface area (Å²) in [4.78, 5) is 17.8. The third kappa shape index (κ3) is 3.79. The Labute approximate surface area is 194 Å². The van der Waals surface area contributed by atoms with Gasteiger partial charge in [0.15, 0.2) is 0 Å². The summed E-state index contributed by atoms with van der Waals surface area (Å²) < 4.78 is 0. The minimum absolute atomic E-state index is 0.190. The van der Waals surface area contributed by atoms with E-state index in [-0.39, 0.29) is 11.3 Å². The highest BCUT2D eigenvalue weighted by Crippen LogP contribution is 2.61. The Hall–Kier alpha value is -2.46. The zero-order valence-electron chi connectivity index (χ0n) is 18.6. The average molecular weight is 443 g/mol. The summed E-state index contributed by atoms with van der Waals surface area (Å²) in [6.45, 7) is 2.12. The topological polar surface area (TPSA) is 42.0 Å². The van der Waals surface area contributed by atoms with Crippen LogP contribution in [0.25, 0.3) is 21.8 Å². The molecule has 0 saturated heterocycles. The van der Waals surface area contributed by atoms with Crippen molar-refractivity contribution < 1.29 is 4.79 Å². The second kappa shape index (κ2) is 7.84. The second-order valence-corrected chi connectivity index (χ2v) is 11.4. The fourth-order valence-corrected chi connectivity index (χ4v) is 8.04. The van der Waals surface area contributed by atoms with Crippen LogP contribution in [0.1, 0.15) is 50.5 Å². The molecule has 0 spiro atoms. The highest BCUT2D eigenvalue weighted by atomic mass is 32.1. The highest BCUT2D eigenvalue weighted by Gasteiger charge is 2.51. The van der Waals surface area contributed by atoms with E-state index in [1.807, 2.05) is 12.1 Å². The molecule has 4 aliphatic carbocycles. The number of nitrogens with one attached hydrogen (secondary N) is 1. The number of anilines is 1. The first-order chi connectivity index (χ1) is 15.6. The third-order valence-electron chi connectivity index (χ3n) is 8.04. The molecule has 1 N–H and O–H groups in total. The van der Waals surface area contributed by atoms with Crippen molar-refractivity contribution in [2.75, 3.05) is 5.32 Å². The third-order valence-corrected chi connectivity index (χ3v) is 8.92. The molecule has 1 heterocycles. The lowest BCUT2D eigenvalue weighted by atomic mass is 9.49. The lowest BCUT2D eigenvalue weighted by Crippen LogP contribution is -2.47. The summed E-state index contributed by atoms with van der Waals surface area (Å²) in [5.74, 6) is 2.85. The fraction of sp³-hybridized carbons (Fsp3) is 0.429. The Morgan fingerprint density at radius 2 is 1.66 bits per heavy atom.